The quantitative estimate of drug-likeness (QED) is 0.0143. The average Bonchev–Trinajstić information content (AvgIpc) is 3.83. The number of carbonyl (C=O) groups is 1. The van der Waals surface area contributed by atoms with Crippen LogP contribution in [0.15, 0.2) is 137 Å². The van der Waals surface area contributed by atoms with Gasteiger partial charge in [-0.05, 0) is 89.6 Å². The summed E-state index contributed by atoms with van der Waals surface area (Å²) < 4.78 is 42.2. The van der Waals surface area contributed by atoms with Crippen LogP contribution in [0.2, 0.25) is 5.02 Å². The number of nitrogens with one attached hydrogen (secondary N) is 1. The maximum atomic E-state index is 12.3. The Kier molecular flexibility index (Phi) is 15.4. The van der Waals surface area contributed by atoms with E-state index in [1.165, 1.54) is 0 Å². The minimum atomic E-state index is -4.12. The second kappa shape index (κ2) is 21.6. The van der Waals surface area contributed by atoms with Gasteiger partial charge in [0.15, 0.2) is 6.54 Å². The van der Waals surface area contributed by atoms with Crippen LogP contribution < -0.4 is 24.4 Å². The zero-order valence-corrected chi connectivity index (χ0v) is 39.3. The summed E-state index contributed by atoms with van der Waals surface area (Å²) >= 11 is 9.86. The lowest BCUT2D eigenvalue weighted by atomic mass is 9.93. The van der Waals surface area contributed by atoms with E-state index in [1.807, 2.05) is 71.6 Å². The lowest BCUT2D eigenvalue weighted by Gasteiger charge is -2.36. The number of thioether (sulfide) groups is 1. The van der Waals surface area contributed by atoms with Crippen molar-refractivity contribution in [2.45, 2.75) is 69.5 Å². The summed E-state index contributed by atoms with van der Waals surface area (Å²) in [5.41, 5.74) is 7.97. The molecule has 0 spiro atoms. The van der Waals surface area contributed by atoms with Gasteiger partial charge in [-0.25, -0.2) is 10.1 Å². The maximum Gasteiger partial charge on any atom is 0.326 e. The molecule has 2 aliphatic rings. The molecule has 344 valence electrons. The molecular formula is C49H50ClN4O9S3+. The number of ether oxygens (including phenoxy) is 1. The number of nitrogens with zero attached hydrogens (tertiary/aromatic N) is 3. The third-order valence-electron chi connectivity index (χ3n) is 11.5. The van der Waals surface area contributed by atoms with E-state index in [0.29, 0.717) is 55.5 Å². The molecule has 13 nitrogen and oxygen atoms in total. The van der Waals surface area contributed by atoms with Crippen molar-refractivity contribution in [3.05, 3.63) is 153 Å². The second-order valence-electron chi connectivity index (χ2n) is 15.9. The number of hydrogen-bond donors (Lipinski definition) is 4. The second-order valence-corrected chi connectivity index (χ2v) is 20.1. The van der Waals surface area contributed by atoms with Crippen molar-refractivity contribution in [3.8, 4) is 16.9 Å². The van der Waals surface area contributed by atoms with Crippen molar-refractivity contribution in [2.24, 2.45) is 0 Å². The molecular weight excluding hydrogens is 920 g/mol. The first kappa shape index (κ1) is 47.2. The van der Waals surface area contributed by atoms with Crippen LogP contribution in [0, 0.1) is 0 Å². The summed E-state index contributed by atoms with van der Waals surface area (Å²) in [7, 11) is -4.12. The Hall–Kier alpha value is -5.27. The predicted octanol–water partition coefficient (Wildman–Crippen LogP) is 10.2. The van der Waals surface area contributed by atoms with Crippen molar-refractivity contribution < 1.29 is 47.4 Å². The van der Waals surface area contributed by atoms with Gasteiger partial charge >= 0.3 is 5.97 Å². The van der Waals surface area contributed by atoms with Gasteiger partial charge < -0.3 is 19.6 Å². The van der Waals surface area contributed by atoms with Gasteiger partial charge in [0.1, 0.15) is 16.5 Å². The van der Waals surface area contributed by atoms with Gasteiger partial charge in [0.2, 0.25) is 5.52 Å². The van der Waals surface area contributed by atoms with Crippen LogP contribution in [-0.4, -0.2) is 60.6 Å². The Labute approximate surface area is 397 Å². The number of unbranched alkanes of at least 4 members (excludes halogenated alkanes) is 1. The molecule has 0 bridgehead atoms. The Bertz CT molecular complexity index is 2860. The third-order valence-corrected chi connectivity index (χ3v) is 14.8. The normalized spacial score (nSPS) is 16.2. The molecule has 1 aromatic heterocycles. The number of rotatable bonds is 20. The molecule has 2 atom stereocenters. The van der Waals surface area contributed by atoms with E-state index in [-0.39, 0.29) is 12.2 Å². The van der Waals surface area contributed by atoms with Crippen LogP contribution in [0.25, 0.3) is 27.4 Å². The van der Waals surface area contributed by atoms with Gasteiger partial charge in [0.25, 0.3) is 21.5 Å². The summed E-state index contributed by atoms with van der Waals surface area (Å²) in [6.07, 6.45) is 6.00. The van der Waals surface area contributed by atoms with Gasteiger partial charge in [-0.3, -0.25) is 9.87 Å². The summed E-state index contributed by atoms with van der Waals surface area (Å²) in [4.78, 5) is 22.5. The fraction of sp³-hybridized carbons (Fsp3) is 0.265. The zero-order valence-electron chi connectivity index (χ0n) is 36.1. The highest BCUT2D eigenvalue weighted by molar-refractivity contribution is 8.03. The molecule has 3 heterocycles. The van der Waals surface area contributed by atoms with Crippen LogP contribution in [0.5, 0.6) is 5.75 Å². The number of thiazole rings is 1. The summed E-state index contributed by atoms with van der Waals surface area (Å²) in [5, 5.41) is 29.2. The molecule has 0 fully saturated rings. The van der Waals surface area contributed by atoms with Crippen LogP contribution in [0.4, 0.5) is 11.4 Å². The Balaban J connectivity index is 0.962. The molecule has 0 radical (unpaired) electrons. The number of carboxylic acids is 1. The minimum absolute atomic E-state index is 0.256. The number of allylic oxidation sites excluding steroid dienone is 2. The van der Waals surface area contributed by atoms with E-state index in [2.05, 4.69) is 69.2 Å². The van der Waals surface area contributed by atoms with Crippen molar-refractivity contribution >= 4 is 78.5 Å². The average molecular weight is 971 g/mol. The lowest BCUT2D eigenvalue weighted by molar-refractivity contribution is -0.668. The number of hydrogen-bond acceptors (Lipinski definition) is 12. The number of aromatic nitrogens is 1. The molecule has 0 aliphatic carbocycles. The predicted molar refractivity (Wildman–Crippen MR) is 260 cm³/mol. The highest BCUT2D eigenvalue weighted by atomic mass is 35.5. The zero-order chi connectivity index (χ0) is 46.2. The molecule has 2 unspecified atom stereocenters. The molecule has 5 aromatic carbocycles. The number of benzene rings is 5. The molecule has 66 heavy (non-hydrogen) atoms. The van der Waals surface area contributed by atoms with Crippen LogP contribution in [0.1, 0.15) is 48.7 Å². The summed E-state index contributed by atoms with van der Waals surface area (Å²) in [5.74, 6) is -0.859. The minimum Gasteiger partial charge on any atom is -0.480 e. The standard InChI is InChI=1S/C49H49ClN4O9S3/c1-2-33(27-47-53(24-11-25-66(58,59)60)41-28-36(18-20-44(41)64-47)34-12-4-3-5-13-34)26-46-52(42-30-38(50)19-21-45(42)65-46)23-9-8-22-51-49(62-63-57)61-40-17-10-16-39(31-40)54-32-37-15-7-6-14-35(37)29-43(54)48(55)56/h3-7,10,12-21,26-28,30-31,43,49,51H,2,8-9,11,22-25,29,32H2,1H3,(H2-,55,56,57,58,59,60)/p+1. The molecule has 0 saturated heterocycles. The first-order chi connectivity index (χ1) is 32.0. The first-order valence-corrected chi connectivity index (χ1v) is 25.3. The first-order valence-electron chi connectivity index (χ1n) is 21.6. The Morgan fingerprint density at radius 3 is 2.53 bits per heavy atom. The molecule has 17 heteroatoms. The van der Waals surface area contributed by atoms with E-state index >= 15 is 0 Å². The fourth-order valence-corrected chi connectivity index (χ4v) is 11.2. The van der Waals surface area contributed by atoms with E-state index in [4.69, 9.17) is 21.2 Å². The van der Waals surface area contributed by atoms with Crippen molar-refractivity contribution in [1.82, 2.24) is 5.32 Å². The van der Waals surface area contributed by atoms with Crippen LogP contribution >= 0.6 is 34.7 Å². The van der Waals surface area contributed by atoms with Crippen LogP contribution in [-0.2, 0) is 44.3 Å². The highest BCUT2D eigenvalue weighted by Crippen LogP contribution is 2.47. The van der Waals surface area contributed by atoms with E-state index in [1.54, 1.807) is 41.3 Å². The summed E-state index contributed by atoms with van der Waals surface area (Å²) in [6, 6.07) is 36.5. The highest BCUT2D eigenvalue weighted by Gasteiger charge is 2.32. The van der Waals surface area contributed by atoms with Gasteiger partial charge in [-0.1, -0.05) is 113 Å². The smallest absolute Gasteiger partial charge is 0.326 e. The molecule has 6 aromatic rings. The van der Waals surface area contributed by atoms with Gasteiger partial charge in [0.05, 0.1) is 16.5 Å². The summed E-state index contributed by atoms with van der Waals surface area (Å²) in [6.45, 7) is 4.05. The Morgan fingerprint density at radius 2 is 1.76 bits per heavy atom. The Morgan fingerprint density at radius 1 is 0.955 bits per heavy atom. The monoisotopic (exact) mass is 969 g/mol. The van der Waals surface area contributed by atoms with Crippen molar-refractivity contribution in [2.75, 3.05) is 28.6 Å². The lowest BCUT2D eigenvalue weighted by Crippen LogP contribution is -2.45. The maximum absolute atomic E-state index is 12.3. The third kappa shape index (κ3) is 11.6. The van der Waals surface area contributed by atoms with Crippen molar-refractivity contribution in [1.29, 1.82) is 0 Å². The number of aliphatic carboxylic acids is 1. The fourth-order valence-electron chi connectivity index (χ4n) is 8.25. The number of carboxylic acid groups (broad SMARTS) is 1. The molecule has 4 N–H and O–H groups in total. The largest absolute Gasteiger partial charge is 0.480 e. The SMILES string of the molecule is CCC(/C=C1\Sc2ccc(Cl)cc2N1CCCCNC(OOO)Oc1cccc(N2Cc3ccccc3CC2C(=O)O)c1)=C\c1sc2ccc(-c3ccccc3)cc2[n+]1CCCS(=O)(=O)O. The molecule has 0 saturated carbocycles. The van der Waals surface area contributed by atoms with Crippen LogP contribution in [0.3, 0.4) is 0 Å². The number of fused-ring (bicyclic) bond motifs is 3. The van der Waals surface area contributed by atoms with Gasteiger partial charge in [-0.15, -0.1) is 4.89 Å². The van der Waals surface area contributed by atoms with Gasteiger partial charge in [-0.2, -0.15) is 13.0 Å². The van der Waals surface area contributed by atoms with E-state index in [9.17, 15) is 28.1 Å². The molecule has 2 aliphatic heterocycles. The van der Waals surface area contributed by atoms with Gasteiger partial charge in [0, 0.05) is 66.3 Å². The van der Waals surface area contributed by atoms with Crippen molar-refractivity contribution in [3.63, 3.8) is 0 Å². The number of anilines is 2. The molecule has 0 amide bonds. The van der Waals surface area contributed by atoms with E-state index < -0.39 is 28.5 Å². The molecule has 8 rings (SSSR count). The van der Waals surface area contributed by atoms with E-state index in [0.717, 1.165) is 71.5 Å². The number of aryl methyl sites for hydroxylation is 1. The topological polar surface area (TPSA) is 162 Å². The number of halogens is 1.